The number of nitrogens with zero attached hydrogens (tertiary/aromatic N) is 3. The van der Waals surface area contributed by atoms with Crippen molar-refractivity contribution < 1.29 is 13.2 Å². The molecular formula is C20H21ClN4O3S2. The molecule has 1 aliphatic heterocycles. The summed E-state index contributed by atoms with van der Waals surface area (Å²) < 4.78 is 28.8. The van der Waals surface area contributed by atoms with Gasteiger partial charge in [0.2, 0.25) is 15.9 Å². The minimum atomic E-state index is -3.45. The lowest BCUT2D eigenvalue weighted by molar-refractivity contribution is -0.116. The summed E-state index contributed by atoms with van der Waals surface area (Å²) in [6.07, 6.45) is 7.75. The van der Waals surface area contributed by atoms with E-state index in [9.17, 15) is 13.2 Å². The number of amides is 1. The predicted molar refractivity (Wildman–Crippen MR) is 118 cm³/mol. The van der Waals surface area contributed by atoms with Gasteiger partial charge in [-0.1, -0.05) is 30.2 Å². The summed E-state index contributed by atoms with van der Waals surface area (Å²) >= 11 is 7.58. The molecule has 0 spiro atoms. The largest absolute Gasteiger partial charge is 0.348 e. The lowest BCUT2D eigenvalue weighted by atomic mass is 10.2. The molecule has 0 radical (unpaired) electrons. The highest BCUT2D eigenvalue weighted by Crippen LogP contribution is 2.23. The van der Waals surface area contributed by atoms with E-state index in [0.717, 1.165) is 29.8 Å². The van der Waals surface area contributed by atoms with Crippen LogP contribution in [0.25, 0.3) is 11.0 Å². The molecule has 2 aromatic heterocycles. The molecular weight excluding hydrogens is 444 g/mol. The number of imidazole rings is 1. The standard InChI is InChI=1S/C20H21ClN4O3S2/c21-19-17(25-12-13-29-20(25)23-19)8-9-18(26)22-14-15-4-6-16(7-5-15)30(27,28)24-10-2-1-3-11-24/h4-9,12-13H,1-3,10-11,14H2,(H,22,26)/b9-8+. The van der Waals surface area contributed by atoms with Crippen LogP contribution in [-0.4, -0.2) is 41.1 Å². The quantitative estimate of drug-likeness (QED) is 0.565. The van der Waals surface area contributed by atoms with Crippen LogP contribution in [0.3, 0.4) is 0 Å². The minimum Gasteiger partial charge on any atom is -0.348 e. The van der Waals surface area contributed by atoms with E-state index in [-0.39, 0.29) is 10.8 Å². The van der Waals surface area contributed by atoms with Crippen molar-refractivity contribution in [1.29, 1.82) is 0 Å². The Morgan fingerprint density at radius 2 is 1.93 bits per heavy atom. The zero-order valence-electron chi connectivity index (χ0n) is 16.1. The van der Waals surface area contributed by atoms with Crippen LogP contribution >= 0.6 is 22.9 Å². The number of sulfonamides is 1. The lowest BCUT2D eigenvalue weighted by Gasteiger charge is -2.25. The van der Waals surface area contributed by atoms with Crippen LogP contribution in [0, 0.1) is 0 Å². The normalized spacial score (nSPS) is 15.8. The molecule has 0 saturated carbocycles. The zero-order valence-corrected chi connectivity index (χ0v) is 18.5. The molecule has 3 heterocycles. The lowest BCUT2D eigenvalue weighted by Crippen LogP contribution is -2.35. The van der Waals surface area contributed by atoms with Crippen molar-refractivity contribution >= 4 is 49.9 Å². The Bertz CT molecular complexity index is 1180. The Balaban J connectivity index is 1.36. The van der Waals surface area contributed by atoms with Crippen molar-refractivity contribution in [3.8, 4) is 0 Å². The number of rotatable bonds is 6. The van der Waals surface area contributed by atoms with Crippen molar-refractivity contribution in [2.45, 2.75) is 30.7 Å². The van der Waals surface area contributed by atoms with Crippen LogP contribution in [0.1, 0.15) is 30.5 Å². The van der Waals surface area contributed by atoms with Crippen LogP contribution in [0.2, 0.25) is 5.15 Å². The smallest absolute Gasteiger partial charge is 0.244 e. The van der Waals surface area contributed by atoms with Gasteiger partial charge in [-0.25, -0.2) is 13.4 Å². The number of fused-ring (bicyclic) bond motifs is 1. The van der Waals surface area contributed by atoms with E-state index in [1.165, 1.54) is 17.4 Å². The maximum atomic E-state index is 12.7. The molecule has 1 N–H and O–H groups in total. The number of carbonyl (C=O) groups excluding carboxylic acids is 1. The highest BCUT2D eigenvalue weighted by Gasteiger charge is 2.25. The SMILES string of the molecule is O=C(/C=C/c1c(Cl)nc2sccn12)NCc1ccc(S(=O)(=O)N2CCCCC2)cc1. The van der Waals surface area contributed by atoms with E-state index in [0.29, 0.717) is 30.5 Å². The van der Waals surface area contributed by atoms with Crippen LogP contribution in [-0.2, 0) is 21.4 Å². The van der Waals surface area contributed by atoms with Crippen molar-refractivity contribution in [2.24, 2.45) is 0 Å². The number of benzene rings is 1. The Morgan fingerprint density at radius 1 is 1.20 bits per heavy atom. The molecule has 30 heavy (non-hydrogen) atoms. The molecule has 4 rings (SSSR count). The number of thiazole rings is 1. The number of nitrogens with one attached hydrogen (secondary N) is 1. The summed E-state index contributed by atoms with van der Waals surface area (Å²) in [5.74, 6) is -0.277. The van der Waals surface area contributed by atoms with Gasteiger partial charge in [0.1, 0.15) is 0 Å². The second-order valence-corrected chi connectivity index (χ2v) is 10.2. The van der Waals surface area contributed by atoms with Gasteiger partial charge >= 0.3 is 0 Å². The monoisotopic (exact) mass is 464 g/mol. The molecule has 7 nitrogen and oxygen atoms in total. The highest BCUT2D eigenvalue weighted by atomic mass is 35.5. The van der Waals surface area contributed by atoms with Gasteiger partial charge in [0, 0.05) is 37.3 Å². The molecule has 158 valence electrons. The van der Waals surface area contributed by atoms with Crippen molar-refractivity contribution in [3.63, 3.8) is 0 Å². The third kappa shape index (κ3) is 4.44. The molecule has 0 bridgehead atoms. The van der Waals surface area contributed by atoms with Gasteiger partial charge in [0.05, 0.1) is 10.6 Å². The zero-order chi connectivity index (χ0) is 21.1. The molecule has 0 unspecified atom stereocenters. The summed E-state index contributed by atoms with van der Waals surface area (Å²) in [5.41, 5.74) is 1.47. The maximum Gasteiger partial charge on any atom is 0.244 e. The fourth-order valence-corrected chi connectivity index (χ4v) is 5.88. The van der Waals surface area contributed by atoms with E-state index in [2.05, 4.69) is 10.3 Å². The minimum absolute atomic E-state index is 0.277. The van der Waals surface area contributed by atoms with Gasteiger partial charge in [-0.3, -0.25) is 9.20 Å². The van der Waals surface area contributed by atoms with E-state index in [1.54, 1.807) is 34.6 Å². The first-order valence-corrected chi connectivity index (χ1v) is 12.3. The molecule has 3 aromatic rings. The summed E-state index contributed by atoms with van der Waals surface area (Å²) in [6, 6.07) is 6.65. The van der Waals surface area contributed by atoms with E-state index >= 15 is 0 Å². The third-order valence-electron chi connectivity index (χ3n) is 4.99. The number of hydrogen-bond donors (Lipinski definition) is 1. The van der Waals surface area contributed by atoms with Gasteiger partial charge < -0.3 is 5.32 Å². The molecule has 0 atom stereocenters. The third-order valence-corrected chi connectivity index (χ3v) is 7.94. The van der Waals surface area contributed by atoms with Crippen molar-refractivity contribution in [1.82, 2.24) is 19.0 Å². The summed E-state index contributed by atoms with van der Waals surface area (Å²) in [7, 11) is -3.45. The van der Waals surface area contributed by atoms with Gasteiger partial charge in [0.25, 0.3) is 0 Å². The number of halogens is 1. The van der Waals surface area contributed by atoms with Gasteiger partial charge in [-0.05, 0) is 36.6 Å². The molecule has 0 aliphatic carbocycles. The van der Waals surface area contributed by atoms with Gasteiger partial charge in [-0.2, -0.15) is 4.31 Å². The highest BCUT2D eigenvalue weighted by molar-refractivity contribution is 7.89. The van der Waals surface area contributed by atoms with Gasteiger partial charge in [-0.15, -0.1) is 11.3 Å². The Labute approximate surface area is 184 Å². The molecule has 1 aromatic carbocycles. The molecule has 10 heteroatoms. The first kappa shape index (κ1) is 21.0. The summed E-state index contributed by atoms with van der Waals surface area (Å²) in [4.78, 5) is 17.4. The number of aromatic nitrogens is 2. The average molecular weight is 465 g/mol. The predicted octanol–water partition coefficient (Wildman–Crippen LogP) is 3.55. The Morgan fingerprint density at radius 3 is 2.67 bits per heavy atom. The van der Waals surface area contributed by atoms with E-state index in [4.69, 9.17) is 11.6 Å². The van der Waals surface area contributed by atoms with E-state index < -0.39 is 10.0 Å². The van der Waals surface area contributed by atoms with Crippen LogP contribution in [0.5, 0.6) is 0 Å². The van der Waals surface area contributed by atoms with Crippen LogP contribution < -0.4 is 5.32 Å². The summed E-state index contributed by atoms with van der Waals surface area (Å²) in [5, 5.41) is 5.03. The maximum absolute atomic E-state index is 12.7. The van der Waals surface area contributed by atoms with Crippen molar-refractivity contribution in [3.05, 3.63) is 58.3 Å². The number of hydrogen-bond acceptors (Lipinski definition) is 5. The Kier molecular flexibility index (Phi) is 6.24. The summed E-state index contributed by atoms with van der Waals surface area (Å²) in [6.45, 7) is 1.44. The van der Waals surface area contributed by atoms with Crippen molar-refractivity contribution in [2.75, 3.05) is 13.1 Å². The van der Waals surface area contributed by atoms with Crippen LogP contribution in [0.4, 0.5) is 0 Å². The second kappa shape index (κ2) is 8.89. The number of carbonyl (C=O) groups is 1. The fraction of sp³-hybridized carbons (Fsp3) is 0.300. The van der Waals surface area contributed by atoms with Gasteiger partial charge in [0.15, 0.2) is 10.1 Å². The molecule has 1 aliphatic rings. The fourth-order valence-electron chi connectivity index (χ4n) is 3.36. The molecule has 1 fully saturated rings. The molecule has 1 saturated heterocycles. The first-order valence-electron chi connectivity index (χ1n) is 9.61. The second-order valence-electron chi connectivity index (χ2n) is 7.00. The van der Waals surface area contributed by atoms with Crippen LogP contribution in [0.15, 0.2) is 46.8 Å². The number of piperidine rings is 1. The first-order chi connectivity index (χ1) is 14.4. The van der Waals surface area contributed by atoms with E-state index in [1.807, 2.05) is 16.0 Å². The topological polar surface area (TPSA) is 83.8 Å². The molecule has 1 amide bonds. The Hall–Kier alpha value is -2.20. The average Bonchev–Trinajstić information content (AvgIpc) is 3.32.